The van der Waals surface area contributed by atoms with Crippen LogP contribution in [-0.4, -0.2) is 23.2 Å². The molecule has 0 spiro atoms. The predicted molar refractivity (Wildman–Crippen MR) is 88.0 cm³/mol. The minimum Gasteiger partial charge on any atom is -0.393 e. The van der Waals surface area contributed by atoms with Crippen molar-refractivity contribution in [1.82, 2.24) is 5.32 Å². The van der Waals surface area contributed by atoms with Crippen molar-refractivity contribution in [3.05, 3.63) is 34.9 Å². The Bertz CT molecular complexity index is 532. The lowest BCUT2D eigenvalue weighted by molar-refractivity contribution is -0.127. The second kappa shape index (κ2) is 6.59. The molecule has 2 saturated carbocycles. The van der Waals surface area contributed by atoms with Crippen molar-refractivity contribution in [3.63, 3.8) is 0 Å². The highest BCUT2D eigenvalue weighted by Crippen LogP contribution is 2.42. The number of nitrogens with one attached hydrogen (secondary N) is 1. The van der Waals surface area contributed by atoms with Gasteiger partial charge in [0.15, 0.2) is 0 Å². The number of carbonyl (C=O) groups excluding carboxylic acids is 1. The molecule has 4 heteroatoms. The second-order valence-corrected chi connectivity index (χ2v) is 7.21. The number of halogens is 1. The highest BCUT2D eigenvalue weighted by molar-refractivity contribution is 6.30. The maximum Gasteiger partial charge on any atom is 0.230 e. The van der Waals surface area contributed by atoms with Crippen LogP contribution in [0.15, 0.2) is 24.3 Å². The van der Waals surface area contributed by atoms with Crippen LogP contribution in [0, 0.1) is 0 Å². The van der Waals surface area contributed by atoms with Crippen molar-refractivity contribution < 1.29 is 9.90 Å². The van der Waals surface area contributed by atoms with Crippen molar-refractivity contribution in [2.45, 2.75) is 68.9 Å². The molecule has 2 fully saturated rings. The van der Waals surface area contributed by atoms with Gasteiger partial charge in [0, 0.05) is 11.1 Å². The summed E-state index contributed by atoms with van der Waals surface area (Å²) in [5, 5.41) is 13.5. The quantitative estimate of drug-likeness (QED) is 0.894. The van der Waals surface area contributed by atoms with Crippen molar-refractivity contribution in [1.29, 1.82) is 0 Å². The van der Waals surface area contributed by atoms with E-state index in [1.54, 1.807) is 0 Å². The zero-order valence-corrected chi connectivity index (χ0v) is 13.6. The van der Waals surface area contributed by atoms with E-state index in [1.807, 2.05) is 24.3 Å². The van der Waals surface area contributed by atoms with Crippen molar-refractivity contribution in [3.8, 4) is 0 Å². The first-order chi connectivity index (χ1) is 10.6. The normalized spacial score (nSPS) is 27.5. The lowest BCUT2D eigenvalue weighted by Gasteiger charge is -2.33. The van der Waals surface area contributed by atoms with Gasteiger partial charge in [0.1, 0.15) is 0 Å². The van der Waals surface area contributed by atoms with Crippen LogP contribution in [-0.2, 0) is 10.2 Å². The van der Waals surface area contributed by atoms with Gasteiger partial charge in [0.2, 0.25) is 5.91 Å². The summed E-state index contributed by atoms with van der Waals surface area (Å²) in [6.45, 7) is 0. The molecule has 0 saturated heterocycles. The first kappa shape index (κ1) is 15.8. The van der Waals surface area contributed by atoms with Crippen molar-refractivity contribution >= 4 is 17.5 Å². The van der Waals surface area contributed by atoms with Crippen LogP contribution in [0.4, 0.5) is 0 Å². The molecule has 3 rings (SSSR count). The zero-order chi connectivity index (χ0) is 15.6. The van der Waals surface area contributed by atoms with E-state index in [2.05, 4.69) is 5.32 Å². The van der Waals surface area contributed by atoms with E-state index in [-0.39, 0.29) is 18.1 Å². The average molecular weight is 322 g/mol. The van der Waals surface area contributed by atoms with Gasteiger partial charge >= 0.3 is 0 Å². The maximum atomic E-state index is 13.0. The number of hydrogen-bond donors (Lipinski definition) is 2. The monoisotopic (exact) mass is 321 g/mol. The minimum absolute atomic E-state index is 0.147. The van der Waals surface area contributed by atoms with Crippen LogP contribution >= 0.6 is 11.6 Å². The first-order valence-corrected chi connectivity index (χ1v) is 8.73. The van der Waals surface area contributed by atoms with E-state index >= 15 is 0 Å². The van der Waals surface area contributed by atoms with Gasteiger partial charge in [-0.3, -0.25) is 4.79 Å². The zero-order valence-electron chi connectivity index (χ0n) is 12.9. The Morgan fingerprint density at radius 2 is 1.86 bits per heavy atom. The largest absolute Gasteiger partial charge is 0.393 e. The SMILES string of the molecule is O=C(NC1CCC(O)CC1)C1(c2cccc(Cl)c2)CCCC1. The number of aliphatic hydroxyl groups excluding tert-OH is 1. The van der Waals surface area contributed by atoms with Gasteiger partial charge in [-0.25, -0.2) is 0 Å². The average Bonchev–Trinajstić information content (AvgIpc) is 3.00. The Morgan fingerprint density at radius 1 is 1.18 bits per heavy atom. The van der Waals surface area contributed by atoms with E-state index < -0.39 is 5.41 Å². The van der Waals surface area contributed by atoms with Gasteiger partial charge in [0.05, 0.1) is 11.5 Å². The first-order valence-electron chi connectivity index (χ1n) is 8.35. The van der Waals surface area contributed by atoms with Crippen LogP contribution in [0.3, 0.4) is 0 Å². The fraction of sp³-hybridized carbons (Fsp3) is 0.611. The van der Waals surface area contributed by atoms with Gasteiger partial charge in [-0.15, -0.1) is 0 Å². The van der Waals surface area contributed by atoms with Crippen LogP contribution in [0.25, 0.3) is 0 Å². The van der Waals surface area contributed by atoms with Crippen LogP contribution < -0.4 is 5.32 Å². The van der Waals surface area contributed by atoms with Crippen LogP contribution in [0.1, 0.15) is 56.9 Å². The predicted octanol–water partition coefficient (Wildman–Crippen LogP) is 3.57. The molecule has 1 aromatic rings. The molecule has 120 valence electrons. The minimum atomic E-state index is -0.416. The van der Waals surface area contributed by atoms with Gasteiger partial charge in [-0.2, -0.15) is 0 Å². The molecule has 2 aliphatic carbocycles. The van der Waals surface area contributed by atoms with Crippen molar-refractivity contribution in [2.75, 3.05) is 0 Å². The number of benzene rings is 1. The Balaban J connectivity index is 1.77. The molecular weight excluding hydrogens is 298 g/mol. The number of carbonyl (C=O) groups is 1. The Labute approximate surface area is 137 Å². The Hall–Kier alpha value is -1.06. The molecular formula is C18H24ClNO2. The third-order valence-electron chi connectivity index (χ3n) is 5.30. The molecule has 0 heterocycles. The van der Waals surface area contributed by atoms with Crippen LogP contribution in [0.5, 0.6) is 0 Å². The van der Waals surface area contributed by atoms with Crippen LogP contribution in [0.2, 0.25) is 5.02 Å². The molecule has 2 N–H and O–H groups in total. The van der Waals surface area contributed by atoms with Gasteiger partial charge in [-0.1, -0.05) is 36.6 Å². The molecule has 0 bridgehead atoms. The maximum absolute atomic E-state index is 13.0. The lowest BCUT2D eigenvalue weighted by Crippen LogP contribution is -2.48. The standard InChI is InChI=1S/C18H24ClNO2/c19-14-5-3-4-13(12-14)18(10-1-2-11-18)17(22)20-15-6-8-16(21)9-7-15/h3-5,12,15-16,21H,1-2,6-11H2,(H,20,22). The molecule has 0 atom stereocenters. The fourth-order valence-corrected chi connectivity index (χ4v) is 4.15. The molecule has 0 aliphatic heterocycles. The summed E-state index contributed by atoms with van der Waals surface area (Å²) in [5.74, 6) is 0.147. The summed E-state index contributed by atoms with van der Waals surface area (Å²) in [6.07, 6.45) is 7.10. The topological polar surface area (TPSA) is 49.3 Å². The van der Waals surface area contributed by atoms with E-state index in [0.717, 1.165) is 56.9 Å². The highest BCUT2D eigenvalue weighted by atomic mass is 35.5. The second-order valence-electron chi connectivity index (χ2n) is 6.78. The van der Waals surface area contributed by atoms with Crippen molar-refractivity contribution in [2.24, 2.45) is 0 Å². The van der Waals surface area contributed by atoms with Gasteiger partial charge in [-0.05, 0) is 56.2 Å². The van der Waals surface area contributed by atoms with Gasteiger partial charge in [0.25, 0.3) is 0 Å². The Kier molecular flexibility index (Phi) is 4.74. The summed E-state index contributed by atoms with van der Waals surface area (Å²) in [4.78, 5) is 13.0. The third-order valence-corrected chi connectivity index (χ3v) is 5.54. The smallest absolute Gasteiger partial charge is 0.230 e. The van der Waals surface area contributed by atoms with Gasteiger partial charge < -0.3 is 10.4 Å². The molecule has 1 amide bonds. The number of rotatable bonds is 3. The molecule has 2 aliphatic rings. The Morgan fingerprint density at radius 3 is 2.50 bits per heavy atom. The number of hydrogen-bond acceptors (Lipinski definition) is 2. The number of amides is 1. The molecule has 0 aromatic heterocycles. The molecule has 3 nitrogen and oxygen atoms in total. The molecule has 1 aromatic carbocycles. The van der Waals surface area contributed by atoms with E-state index in [0.29, 0.717) is 5.02 Å². The highest BCUT2D eigenvalue weighted by Gasteiger charge is 2.43. The lowest BCUT2D eigenvalue weighted by atomic mass is 9.77. The third kappa shape index (κ3) is 3.16. The summed E-state index contributed by atoms with van der Waals surface area (Å²) in [5.41, 5.74) is 0.631. The van der Waals surface area contributed by atoms with E-state index in [4.69, 9.17) is 11.6 Å². The summed E-state index contributed by atoms with van der Waals surface area (Å²) in [6, 6.07) is 7.96. The fourth-order valence-electron chi connectivity index (χ4n) is 3.96. The summed E-state index contributed by atoms with van der Waals surface area (Å²) >= 11 is 6.14. The molecule has 0 radical (unpaired) electrons. The number of aliphatic hydroxyl groups is 1. The van der Waals surface area contributed by atoms with E-state index in [1.165, 1.54) is 0 Å². The molecule has 0 unspecified atom stereocenters. The molecule has 22 heavy (non-hydrogen) atoms. The summed E-state index contributed by atoms with van der Waals surface area (Å²) in [7, 11) is 0. The summed E-state index contributed by atoms with van der Waals surface area (Å²) < 4.78 is 0. The van der Waals surface area contributed by atoms with E-state index in [9.17, 15) is 9.90 Å².